The predicted octanol–water partition coefficient (Wildman–Crippen LogP) is 4.29. The van der Waals surface area contributed by atoms with Crippen molar-refractivity contribution in [3.8, 4) is 0 Å². The van der Waals surface area contributed by atoms with Crippen molar-refractivity contribution in [1.82, 2.24) is 10.2 Å². The van der Waals surface area contributed by atoms with Crippen LogP contribution < -0.4 is 5.32 Å². The van der Waals surface area contributed by atoms with Crippen LogP contribution in [0.5, 0.6) is 0 Å². The molecule has 31 heavy (non-hydrogen) atoms. The highest BCUT2D eigenvalue weighted by Crippen LogP contribution is 2.44. The molecule has 1 amide bonds. The molecule has 6 nitrogen and oxygen atoms in total. The normalized spacial score (nSPS) is 17.8. The summed E-state index contributed by atoms with van der Waals surface area (Å²) in [6, 6.07) is 5.40. The molecule has 0 aromatic heterocycles. The van der Waals surface area contributed by atoms with Crippen LogP contribution in [0.3, 0.4) is 0 Å². The molecule has 2 heterocycles. The van der Waals surface area contributed by atoms with Gasteiger partial charge in [0.2, 0.25) is 5.91 Å². The molecule has 1 atom stereocenters. The van der Waals surface area contributed by atoms with E-state index in [9.17, 15) is 14.0 Å². The zero-order valence-electron chi connectivity index (χ0n) is 17.9. The van der Waals surface area contributed by atoms with Crippen molar-refractivity contribution in [3.63, 3.8) is 0 Å². The number of nitrogens with zero attached hydrogens (tertiary/aromatic N) is 2. The molecule has 0 saturated carbocycles. The van der Waals surface area contributed by atoms with Crippen LogP contribution in [-0.4, -0.2) is 35.1 Å². The molecule has 1 aromatic rings. The van der Waals surface area contributed by atoms with Gasteiger partial charge in [-0.3, -0.25) is 4.79 Å². The molecule has 0 aliphatic carbocycles. The predicted molar refractivity (Wildman–Crippen MR) is 120 cm³/mol. The van der Waals surface area contributed by atoms with Gasteiger partial charge in [-0.2, -0.15) is 0 Å². The van der Waals surface area contributed by atoms with E-state index in [1.54, 1.807) is 19.1 Å². The number of rotatable bonds is 8. The molecule has 2 aliphatic heterocycles. The molecule has 0 bridgehead atoms. The number of carbonyl (C=O) groups excluding carboxylic acids is 2. The molecule has 3 rings (SSSR count). The van der Waals surface area contributed by atoms with Crippen molar-refractivity contribution in [2.24, 2.45) is 10.9 Å². The third-order valence-corrected chi connectivity index (χ3v) is 5.68. The Hall–Kier alpha value is -2.87. The second kappa shape index (κ2) is 9.96. The van der Waals surface area contributed by atoms with Gasteiger partial charge >= 0.3 is 5.97 Å². The minimum Gasteiger partial charge on any atom is -0.458 e. The number of halogens is 1. The largest absolute Gasteiger partial charge is 0.458 e. The van der Waals surface area contributed by atoms with Crippen LogP contribution in [0.1, 0.15) is 38.8 Å². The summed E-state index contributed by atoms with van der Waals surface area (Å²) in [5, 5.41) is 5.45. The maximum Gasteiger partial charge on any atom is 0.338 e. The molecule has 0 spiro atoms. The van der Waals surface area contributed by atoms with Crippen molar-refractivity contribution in [2.75, 3.05) is 13.2 Å². The first-order valence-electron chi connectivity index (χ1n) is 10.1. The molecule has 1 unspecified atom stereocenters. The number of aliphatic imine (C=N–C) groups is 1. The van der Waals surface area contributed by atoms with Gasteiger partial charge in [0.15, 0.2) is 5.17 Å². The van der Waals surface area contributed by atoms with E-state index in [1.165, 1.54) is 30.0 Å². The molecule has 0 fully saturated rings. The lowest BCUT2D eigenvalue weighted by Crippen LogP contribution is -2.38. The van der Waals surface area contributed by atoms with E-state index in [1.807, 2.05) is 24.2 Å². The third-order valence-electron chi connectivity index (χ3n) is 4.79. The fourth-order valence-electron chi connectivity index (χ4n) is 3.35. The number of fused-ring (bicyclic) bond motifs is 1. The number of ether oxygens (including phenoxy) is 1. The number of carbonyl (C=O) groups is 2. The number of esters is 1. The van der Waals surface area contributed by atoms with Crippen molar-refractivity contribution >= 4 is 28.8 Å². The number of nitrogens with one attached hydrogen (secondary N) is 1. The molecule has 8 heteroatoms. The molecular formula is C23H26FN3O3S. The number of allylic oxidation sites excluding steroid dienone is 1. The Kier molecular flexibility index (Phi) is 7.33. The molecule has 2 aliphatic rings. The van der Waals surface area contributed by atoms with Gasteiger partial charge in [-0.25, -0.2) is 14.2 Å². The van der Waals surface area contributed by atoms with Gasteiger partial charge in [0.05, 0.1) is 23.7 Å². The molecule has 0 saturated heterocycles. The highest BCUT2D eigenvalue weighted by Gasteiger charge is 2.41. The number of hydrogen-bond acceptors (Lipinski definition) is 6. The van der Waals surface area contributed by atoms with E-state index in [-0.39, 0.29) is 24.8 Å². The zero-order valence-corrected chi connectivity index (χ0v) is 18.7. The second-order valence-corrected chi connectivity index (χ2v) is 8.54. The first-order valence-corrected chi connectivity index (χ1v) is 10.9. The molecular weight excluding hydrogens is 417 g/mol. The van der Waals surface area contributed by atoms with Crippen LogP contribution in [0, 0.1) is 11.7 Å². The minimum absolute atomic E-state index is 0.0668. The Morgan fingerprint density at radius 2 is 2.06 bits per heavy atom. The summed E-state index contributed by atoms with van der Waals surface area (Å²) in [7, 11) is 0. The average molecular weight is 444 g/mol. The Balaban J connectivity index is 1.97. The number of amides is 1. The minimum atomic E-state index is -0.579. The lowest BCUT2D eigenvalue weighted by atomic mass is 9.94. The van der Waals surface area contributed by atoms with Crippen LogP contribution in [0.15, 0.2) is 64.3 Å². The van der Waals surface area contributed by atoms with E-state index >= 15 is 0 Å². The van der Waals surface area contributed by atoms with Gasteiger partial charge < -0.3 is 15.0 Å². The third kappa shape index (κ3) is 5.25. The summed E-state index contributed by atoms with van der Waals surface area (Å²) in [4.78, 5) is 31.9. The molecule has 1 aromatic carbocycles. The van der Waals surface area contributed by atoms with Crippen LogP contribution in [-0.2, 0) is 14.3 Å². The van der Waals surface area contributed by atoms with Crippen molar-refractivity contribution in [2.45, 2.75) is 33.2 Å². The monoisotopic (exact) mass is 443 g/mol. The van der Waals surface area contributed by atoms with Gasteiger partial charge in [0.25, 0.3) is 0 Å². The van der Waals surface area contributed by atoms with Gasteiger partial charge in [-0.1, -0.05) is 50.4 Å². The lowest BCUT2D eigenvalue weighted by molar-refractivity contribution is -0.138. The zero-order chi connectivity index (χ0) is 22.5. The average Bonchev–Trinajstić information content (AvgIpc) is 3.12. The summed E-state index contributed by atoms with van der Waals surface area (Å²) < 4.78 is 18.9. The summed E-state index contributed by atoms with van der Waals surface area (Å²) in [5.41, 5.74) is 2.31. The van der Waals surface area contributed by atoms with Crippen molar-refractivity contribution in [1.29, 1.82) is 0 Å². The van der Waals surface area contributed by atoms with Crippen molar-refractivity contribution < 1.29 is 18.7 Å². The van der Waals surface area contributed by atoms with Crippen LogP contribution >= 0.6 is 11.8 Å². The summed E-state index contributed by atoms with van der Waals surface area (Å²) in [6.07, 6.45) is 1.64. The maximum absolute atomic E-state index is 13.6. The van der Waals surface area contributed by atoms with E-state index in [0.717, 1.165) is 5.70 Å². The quantitative estimate of drug-likeness (QED) is 0.479. The van der Waals surface area contributed by atoms with E-state index < -0.39 is 12.0 Å². The topological polar surface area (TPSA) is 71.0 Å². The fourth-order valence-corrected chi connectivity index (χ4v) is 4.31. The van der Waals surface area contributed by atoms with E-state index in [4.69, 9.17) is 4.74 Å². The van der Waals surface area contributed by atoms with Gasteiger partial charge in [0, 0.05) is 12.2 Å². The lowest BCUT2D eigenvalue weighted by Gasteiger charge is -2.36. The first kappa shape index (κ1) is 22.8. The van der Waals surface area contributed by atoms with Gasteiger partial charge in [-0.15, -0.1) is 0 Å². The number of benzene rings is 1. The van der Waals surface area contributed by atoms with Crippen molar-refractivity contribution in [3.05, 3.63) is 70.7 Å². The number of thioether (sulfide) groups is 1. The smallest absolute Gasteiger partial charge is 0.338 e. The fraction of sp³-hybridized carbons (Fsp3) is 0.348. The van der Waals surface area contributed by atoms with Crippen LogP contribution in [0.2, 0.25) is 0 Å². The standard InChI is InChI=1S/C23H26FN3O3S/c1-5-10-30-22(29)20-15(4)26-23-27(21(20)16-6-8-17(24)9-7-16)18(13-31-23)11-19(28)25-12-14(2)3/h5-9,13-14,21H,1,10-12H2,2-4H3,(H,25,28). The summed E-state index contributed by atoms with van der Waals surface area (Å²) >= 11 is 1.40. The van der Waals surface area contributed by atoms with Crippen LogP contribution in [0.25, 0.3) is 0 Å². The highest BCUT2D eigenvalue weighted by molar-refractivity contribution is 8.16. The number of hydrogen-bond donors (Lipinski definition) is 1. The summed E-state index contributed by atoms with van der Waals surface area (Å²) in [6.45, 7) is 10.0. The molecule has 164 valence electrons. The SMILES string of the molecule is C=CCOC(=O)C1=C(C)N=C2SC=C(CC(=O)NCC(C)C)N2C1c1ccc(F)cc1. The second-order valence-electron chi connectivity index (χ2n) is 7.71. The first-order chi connectivity index (χ1) is 14.8. The summed E-state index contributed by atoms with van der Waals surface area (Å²) in [5.74, 6) is -0.659. The molecule has 0 radical (unpaired) electrons. The Morgan fingerprint density at radius 1 is 1.35 bits per heavy atom. The number of amidine groups is 1. The maximum atomic E-state index is 13.6. The Labute approximate surface area is 185 Å². The molecule has 1 N–H and O–H groups in total. The van der Waals surface area contributed by atoms with Crippen LogP contribution in [0.4, 0.5) is 4.39 Å². The Morgan fingerprint density at radius 3 is 2.71 bits per heavy atom. The van der Waals surface area contributed by atoms with Gasteiger partial charge in [0.1, 0.15) is 12.4 Å². The van der Waals surface area contributed by atoms with E-state index in [2.05, 4.69) is 16.9 Å². The van der Waals surface area contributed by atoms with Gasteiger partial charge in [-0.05, 0) is 35.9 Å². The highest BCUT2D eigenvalue weighted by atomic mass is 32.2. The van der Waals surface area contributed by atoms with E-state index in [0.29, 0.717) is 34.5 Å². The Bertz CT molecular complexity index is 967.